The van der Waals surface area contributed by atoms with Gasteiger partial charge in [0.25, 0.3) is 0 Å². The average Bonchev–Trinajstić information content (AvgIpc) is 3.67. The van der Waals surface area contributed by atoms with E-state index >= 15 is 0 Å². The van der Waals surface area contributed by atoms with Gasteiger partial charge in [-0.05, 0) is 32.2 Å². The van der Waals surface area contributed by atoms with E-state index in [0.29, 0.717) is 31.0 Å². The van der Waals surface area contributed by atoms with Gasteiger partial charge in [0.05, 0.1) is 13.1 Å². The number of nitrogens with one attached hydrogen (secondary N) is 2. The number of carboxylic acids is 5. The van der Waals surface area contributed by atoms with Crippen LogP contribution >= 0.6 is 0 Å². The second kappa shape index (κ2) is 27.9. The van der Waals surface area contributed by atoms with Crippen molar-refractivity contribution in [1.82, 2.24) is 34.6 Å². The molecule has 267 valence electrons. The van der Waals surface area contributed by atoms with E-state index in [-0.39, 0.29) is 59.4 Å². The third kappa shape index (κ3) is 20.7. The molecule has 0 aliphatic carbocycles. The van der Waals surface area contributed by atoms with Crippen LogP contribution < -0.4 is 10.6 Å². The molecule has 2 heterocycles. The molecule has 2 atom stereocenters. The van der Waals surface area contributed by atoms with E-state index in [4.69, 9.17) is 29.3 Å². The Balaban J connectivity index is -0.00000286. The van der Waals surface area contributed by atoms with E-state index in [2.05, 4.69) is 40.6 Å². The van der Waals surface area contributed by atoms with Gasteiger partial charge in [0.1, 0.15) is 36.8 Å². The van der Waals surface area contributed by atoms with Crippen molar-refractivity contribution in [1.29, 1.82) is 0 Å². The molecule has 21 nitrogen and oxygen atoms in total. The summed E-state index contributed by atoms with van der Waals surface area (Å²) in [6.07, 6.45) is 5.70. The number of carbonyl (C=O) groups is 6. The van der Waals surface area contributed by atoms with E-state index in [1.165, 1.54) is 33.9 Å². The molecule has 1 radical (unpaired) electrons. The first kappa shape index (κ1) is 48.3. The van der Waals surface area contributed by atoms with Gasteiger partial charge in [-0.1, -0.05) is 0 Å². The molecule has 2 aromatic rings. The summed E-state index contributed by atoms with van der Waals surface area (Å²) in [5.74, 6) is -5.33. The average molecular weight is 866 g/mol. The molecule has 2 rings (SSSR count). The Bertz CT molecular complexity index is 1330. The first-order valence-corrected chi connectivity index (χ1v) is 13.4. The summed E-state index contributed by atoms with van der Waals surface area (Å²) in [5.41, 5.74) is 0. The maximum Gasteiger partial charge on any atom is 0 e. The van der Waals surface area contributed by atoms with Gasteiger partial charge in [-0.3, -0.25) is 19.3 Å². The normalized spacial score (nSPS) is 10.8. The maximum absolute atomic E-state index is 12.2. The molecule has 0 saturated carbocycles. The molecule has 7 N–H and O–H groups in total. The summed E-state index contributed by atoms with van der Waals surface area (Å²) in [6.45, 7) is 13.6. The zero-order valence-corrected chi connectivity index (χ0v) is 28.3. The fraction of sp³-hybridized carbons (Fsp3) is 0.444. The minimum absolute atomic E-state index is 0. The Morgan fingerprint density at radius 3 is 1.47 bits per heavy atom. The van der Waals surface area contributed by atoms with Crippen LogP contribution in [0.25, 0.3) is 0 Å². The Morgan fingerprint density at radius 1 is 0.694 bits per heavy atom. The summed E-state index contributed by atoms with van der Waals surface area (Å²) < 4.78 is 25.4. The summed E-state index contributed by atoms with van der Waals surface area (Å²) in [5, 5.41) is 50.0. The SMILES string of the molecule is O=C(O)CC[C@H](NC(=O)N[C@@H](CCCCN(Cc1nccn1CC(=O)O)Cc1nccn1CC(=O)O)C(=O)O)C(=O)O.[C-]#[O+].[C-]#[O+].[C-]#[O+].[Re]. The van der Waals surface area contributed by atoms with Crippen molar-refractivity contribution in [2.45, 2.75) is 70.4 Å². The number of nitrogens with zero attached hydrogens (tertiary/aromatic N) is 5. The first-order chi connectivity index (χ1) is 22.8. The zero-order chi connectivity index (χ0) is 37.2. The number of carbonyl (C=O) groups excluding carboxylic acids is 1. The molecule has 0 bridgehead atoms. The van der Waals surface area contributed by atoms with Crippen LogP contribution in [0.4, 0.5) is 4.79 Å². The topological polar surface area (TPSA) is 326 Å². The molecule has 0 fully saturated rings. The Labute approximate surface area is 292 Å². The second-order valence-corrected chi connectivity index (χ2v) is 9.27. The predicted molar refractivity (Wildman–Crippen MR) is 151 cm³/mol. The fourth-order valence-electron chi connectivity index (χ4n) is 4.00. The number of imidazole rings is 2. The van der Waals surface area contributed by atoms with Gasteiger partial charge in [-0.25, -0.2) is 24.4 Å². The zero-order valence-electron chi connectivity index (χ0n) is 25.6. The largest absolute Gasteiger partial charge is 0 e. The van der Waals surface area contributed by atoms with Gasteiger partial charge in [0, 0.05) is 51.6 Å². The fourth-order valence-corrected chi connectivity index (χ4v) is 4.00. The van der Waals surface area contributed by atoms with Gasteiger partial charge >= 0.3 is 69.8 Å². The van der Waals surface area contributed by atoms with Crippen LogP contribution in [0, 0.1) is 20.0 Å². The van der Waals surface area contributed by atoms with Crippen LogP contribution in [0.2, 0.25) is 0 Å². The number of aromatic nitrogens is 4. The quantitative estimate of drug-likeness (QED) is 0.0496. The number of unbranched alkanes of at least 4 members (excludes halogenated alkanes) is 1. The molecule has 49 heavy (non-hydrogen) atoms. The molecule has 0 spiro atoms. The van der Waals surface area contributed by atoms with Crippen LogP contribution in [0.3, 0.4) is 0 Å². The van der Waals surface area contributed by atoms with Gasteiger partial charge < -0.3 is 45.3 Å². The van der Waals surface area contributed by atoms with E-state index in [1.807, 2.05) is 4.90 Å². The second-order valence-electron chi connectivity index (χ2n) is 9.27. The first-order valence-electron chi connectivity index (χ1n) is 13.4. The molecule has 0 saturated heterocycles. The molecule has 0 aliphatic rings. The van der Waals surface area contributed by atoms with Gasteiger partial charge in [-0.2, -0.15) is 0 Å². The Hall–Kier alpha value is -5.12. The predicted octanol–water partition coefficient (Wildman–Crippen LogP) is -0.623. The van der Waals surface area contributed by atoms with Gasteiger partial charge in [0.15, 0.2) is 0 Å². The Morgan fingerprint density at radius 2 is 1.10 bits per heavy atom. The van der Waals surface area contributed by atoms with E-state index in [9.17, 15) is 39.0 Å². The number of hydrogen-bond acceptors (Lipinski definition) is 9. The molecule has 2 aromatic heterocycles. The minimum Gasteiger partial charge on any atom is 0 e. The number of hydrogen-bond donors (Lipinski definition) is 7. The molecule has 22 heteroatoms. The summed E-state index contributed by atoms with van der Waals surface area (Å²) >= 11 is 0. The maximum atomic E-state index is 12.2. The van der Waals surface area contributed by atoms with Crippen molar-refractivity contribution in [2.24, 2.45) is 0 Å². The molecular weight excluding hydrogens is 833 g/mol. The number of urea groups is 1. The molecule has 0 aromatic carbocycles. The molecule has 2 amide bonds. The van der Waals surface area contributed by atoms with Crippen LogP contribution in [0.1, 0.15) is 43.8 Å². The number of rotatable bonds is 20. The minimum atomic E-state index is -1.52. The van der Waals surface area contributed by atoms with Crippen molar-refractivity contribution in [2.75, 3.05) is 6.54 Å². The molecular formula is C27H33N7O14Re. The van der Waals surface area contributed by atoms with Crippen molar-refractivity contribution >= 4 is 35.9 Å². The van der Waals surface area contributed by atoms with Crippen LogP contribution in [-0.2, 0) is 84.5 Å². The van der Waals surface area contributed by atoms with E-state index < -0.39 is 54.4 Å². The standard InChI is InChI=1S/C24H33N7O11.3CO.Re/c32-19(33)5-4-16(23(40)41)28-24(42)27-15(22(38)39)3-1-2-8-29(11-17-25-6-9-30(17)13-20(34)35)12-18-26-7-10-31(18)14-21(36)37;3*1-2;/h6-7,9-10,15-16H,1-5,8,11-14H2,(H,32,33)(H,34,35)(H,36,37)(H,38,39)(H,40,41)(H2,27,28,42);;;;/t15-,16-;;;;/m0..../s1. The van der Waals surface area contributed by atoms with Gasteiger partial charge in [-0.15, -0.1) is 0 Å². The van der Waals surface area contributed by atoms with Crippen molar-refractivity contribution in [3.8, 4) is 0 Å². The van der Waals surface area contributed by atoms with E-state index in [0.717, 1.165) is 0 Å². The monoisotopic (exact) mass is 866 g/mol. The van der Waals surface area contributed by atoms with Crippen LogP contribution in [0.5, 0.6) is 0 Å². The van der Waals surface area contributed by atoms with Crippen molar-refractivity contribution < 1.29 is 88.7 Å². The van der Waals surface area contributed by atoms with Crippen LogP contribution in [-0.4, -0.2) is 104 Å². The summed E-state index contributed by atoms with van der Waals surface area (Å²) in [6, 6.07) is -3.96. The summed E-state index contributed by atoms with van der Waals surface area (Å²) in [4.78, 5) is 78.6. The smallest absolute Gasteiger partial charge is 0 e. The number of amides is 2. The van der Waals surface area contributed by atoms with Crippen molar-refractivity contribution in [3.05, 3.63) is 56.4 Å². The molecule has 0 aliphatic heterocycles. The van der Waals surface area contributed by atoms with Gasteiger partial charge in [0.2, 0.25) is 0 Å². The summed E-state index contributed by atoms with van der Waals surface area (Å²) in [7, 11) is 0. The molecule has 0 unspecified atom stereocenters. The third-order valence-corrected chi connectivity index (χ3v) is 6.02. The number of carboxylic acid groups (broad SMARTS) is 5. The van der Waals surface area contributed by atoms with Crippen LogP contribution in [0.15, 0.2) is 24.8 Å². The van der Waals surface area contributed by atoms with E-state index in [1.54, 1.807) is 0 Å². The number of aliphatic carboxylic acids is 5. The van der Waals surface area contributed by atoms with Crippen molar-refractivity contribution in [3.63, 3.8) is 0 Å². The third-order valence-electron chi connectivity index (χ3n) is 6.02. The Kier molecular flexibility index (Phi) is 27.5.